The molecule has 0 aliphatic carbocycles. The van der Waals surface area contributed by atoms with Gasteiger partial charge >= 0.3 is 0 Å². The molecule has 0 fully saturated rings. The maximum atomic E-state index is 4.86. The Labute approximate surface area is 59.6 Å². The van der Waals surface area contributed by atoms with Crippen molar-refractivity contribution in [3.05, 3.63) is 30.0 Å². The van der Waals surface area contributed by atoms with Gasteiger partial charge in [-0.2, -0.15) is 0 Å². The second-order valence-corrected chi connectivity index (χ2v) is 1.94. The Hall–Kier alpha value is -0.760. The van der Waals surface area contributed by atoms with Crippen molar-refractivity contribution < 1.29 is 4.74 Å². The molecule has 1 nitrogen and oxygen atoms in total. The molecule has 1 rings (SSSR count). The molecule has 0 spiro atoms. The van der Waals surface area contributed by atoms with Gasteiger partial charge in [0.1, 0.15) is 5.75 Å². The lowest BCUT2D eigenvalue weighted by atomic mass is 10.6. The van der Waals surface area contributed by atoms with E-state index in [0.29, 0.717) is 0 Å². The van der Waals surface area contributed by atoms with Crippen LogP contribution >= 0.6 is 11.3 Å². The number of hydrogen-bond acceptors (Lipinski definition) is 2. The minimum atomic E-state index is 0.949. The van der Waals surface area contributed by atoms with Gasteiger partial charge in [-0.3, -0.25) is 0 Å². The van der Waals surface area contributed by atoms with E-state index in [0.717, 1.165) is 5.75 Å². The number of rotatable bonds is 1. The lowest BCUT2D eigenvalue weighted by Crippen LogP contribution is -1.74. The van der Waals surface area contributed by atoms with Gasteiger partial charge in [0.25, 0.3) is 0 Å². The van der Waals surface area contributed by atoms with Crippen LogP contribution in [0.25, 0.3) is 0 Å². The highest BCUT2D eigenvalue weighted by atomic mass is 32.1. The third kappa shape index (κ3) is 2.93. The predicted octanol–water partition coefficient (Wildman–Crippen LogP) is 2.56. The molecule has 0 amide bonds. The van der Waals surface area contributed by atoms with Crippen LogP contribution in [-0.4, -0.2) is 7.11 Å². The van der Waals surface area contributed by atoms with Crippen LogP contribution in [0.5, 0.6) is 5.75 Å². The van der Waals surface area contributed by atoms with Crippen LogP contribution < -0.4 is 4.74 Å². The molecule has 0 bridgehead atoms. The molecule has 0 radical (unpaired) electrons. The van der Waals surface area contributed by atoms with Crippen LogP contribution in [0.2, 0.25) is 0 Å². The second kappa shape index (κ2) is 5.38. The largest absolute Gasteiger partial charge is 0.496 e. The highest BCUT2D eigenvalue weighted by Crippen LogP contribution is 2.12. The first-order chi connectivity index (χ1) is 4.43. The molecule has 0 atom stereocenters. The van der Waals surface area contributed by atoms with Gasteiger partial charge in [0.2, 0.25) is 0 Å². The number of methoxy groups -OCH3 is 1. The topological polar surface area (TPSA) is 9.23 Å². The highest BCUT2D eigenvalue weighted by molar-refractivity contribution is 7.08. The van der Waals surface area contributed by atoms with E-state index in [-0.39, 0.29) is 0 Å². The Bertz CT molecular complexity index is 135. The molecule has 1 aromatic heterocycles. The lowest BCUT2D eigenvalue weighted by molar-refractivity contribution is 0.417. The first-order valence-corrected chi connectivity index (χ1v) is 3.44. The predicted molar refractivity (Wildman–Crippen MR) is 42.1 cm³/mol. The summed E-state index contributed by atoms with van der Waals surface area (Å²) in [5, 5.41) is 3.94. The average molecular weight is 142 g/mol. The zero-order chi connectivity index (χ0) is 7.11. The van der Waals surface area contributed by atoms with Gasteiger partial charge in [-0.05, 0) is 11.4 Å². The van der Waals surface area contributed by atoms with Gasteiger partial charge < -0.3 is 4.74 Å². The van der Waals surface area contributed by atoms with E-state index in [1.807, 2.05) is 16.8 Å². The Morgan fingerprint density at radius 2 is 2.22 bits per heavy atom. The Balaban J connectivity index is 0.000000291. The smallest absolute Gasteiger partial charge is 0.129 e. The molecule has 9 heavy (non-hydrogen) atoms. The van der Waals surface area contributed by atoms with Crippen LogP contribution in [0.1, 0.15) is 0 Å². The van der Waals surface area contributed by atoms with Crippen molar-refractivity contribution in [2.45, 2.75) is 0 Å². The van der Waals surface area contributed by atoms with Gasteiger partial charge in [0.15, 0.2) is 0 Å². The van der Waals surface area contributed by atoms with E-state index < -0.39 is 0 Å². The summed E-state index contributed by atoms with van der Waals surface area (Å²) in [6, 6.07) is 1.94. The SMILES string of the molecule is C=C.COc1ccsc1. The van der Waals surface area contributed by atoms with Crippen LogP contribution in [0, 0.1) is 0 Å². The maximum absolute atomic E-state index is 4.86. The van der Waals surface area contributed by atoms with Gasteiger partial charge in [0, 0.05) is 5.38 Å². The fourth-order valence-corrected chi connectivity index (χ4v) is 0.968. The molecular formula is C7H10OS. The van der Waals surface area contributed by atoms with Gasteiger partial charge in [0.05, 0.1) is 7.11 Å². The van der Waals surface area contributed by atoms with Gasteiger partial charge in [-0.15, -0.1) is 24.5 Å². The monoisotopic (exact) mass is 142 g/mol. The molecule has 0 aliphatic heterocycles. The van der Waals surface area contributed by atoms with Gasteiger partial charge in [-0.1, -0.05) is 0 Å². The molecule has 0 unspecified atom stereocenters. The van der Waals surface area contributed by atoms with E-state index in [1.54, 1.807) is 18.4 Å². The van der Waals surface area contributed by atoms with Crippen molar-refractivity contribution in [1.82, 2.24) is 0 Å². The number of thiophene rings is 1. The molecular weight excluding hydrogens is 132 g/mol. The minimum absolute atomic E-state index is 0.949. The molecule has 50 valence electrons. The van der Waals surface area contributed by atoms with Crippen molar-refractivity contribution in [2.24, 2.45) is 0 Å². The van der Waals surface area contributed by atoms with E-state index in [2.05, 4.69) is 13.2 Å². The standard InChI is InChI=1S/C5H6OS.C2H4/c1-6-5-2-3-7-4-5;1-2/h2-4H,1H3;1-2H2. The summed E-state index contributed by atoms with van der Waals surface area (Å²) in [5.74, 6) is 0.949. The first kappa shape index (κ1) is 8.24. The first-order valence-electron chi connectivity index (χ1n) is 2.49. The van der Waals surface area contributed by atoms with Crippen LogP contribution in [0.3, 0.4) is 0 Å². The molecule has 1 aromatic rings. The fourth-order valence-electron chi connectivity index (χ4n) is 0.368. The summed E-state index contributed by atoms with van der Waals surface area (Å²) in [6.07, 6.45) is 0. The normalized spacial score (nSPS) is 7.22. The Morgan fingerprint density at radius 3 is 2.44 bits per heavy atom. The van der Waals surface area contributed by atoms with E-state index in [1.165, 1.54) is 0 Å². The number of hydrogen-bond donors (Lipinski definition) is 0. The number of ether oxygens (including phenoxy) is 1. The maximum Gasteiger partial charge on any atom is 0.129 e. The van der Waals surface area contributed by atoms with Crippen molar-refractivity contribution in [3.8, 4) is 5.75 Å². The summed E-state index contributed by atoms with van der Waals surface area (Å²) < 4.78 is 4.86. The van der Waals surface area contributed by atoms with E-state index in [9.17, 15) is 0 Å². The summed E-state index contributed by atoms with van der Waals surface area (Å²) in [6.45, 7) is 6.00. The Kier molecular flexibility index (Phi) is 4.92. The van der Waals surface area contributed by atoms with Crippen LogP contribution in [-0.2, 0) is 0 Å². The molecule has 1 heterocycles. The molecule has 0 aromatic carbocycles. The summed E-state index contributed by atoms with van der Waals surface area (Å²) >= 11 is 1.64. The molecule has 0 aliphatic rings. The summed E-state index contributed by atoms with van der Waals surface area (Å²) in [5.41, 5.74) is 0. The molecule has 0 saturated heterocycles. The van der Waals surface area contributed by atoms with Gasteiger partial charge in [-0.25, -0.2) is 0 Å². The minimum Gasteiger partial charge on any atom is -0.496 e. The summed E-state index contributed by atoms with van der Waals surface area (Å²) in [7, 11) is 1.67. The third-order valence-electron chi connectivity index (χ3n) is 0.731. The fraction of sp³-hybridized carbons (Fsp3) is 0.143. The quantitative estimate of drug-likeness (QED) is 0.547. The molecule has 0 saturated carbocycles. The molecule has 2 heteroatoms. The van der Waals surface area contributed by atoms with Crippen LogP contribution in [0.4, 0.5) is 0 Å². The van der Waals surface area contributed by atoms with Crippen LogP contribution in [0.15, 0.2) is 30.0 Å². The van der Waals surface area contributed by atoms with E-state index in [4.69, 9.17) is 4.74 Å². The zero-order valence-electron chi connectivity index (χ0n) is 5.46. The van der Waals surface area contributed by atoms with E-state index >= 15 is 0 Å². The van der Waals surface area contributed by atoms with Crippen molar-refractivity contribution in [3.63, 3.8) is 0 Å². The zero-order valence-corrected chi connectivity index (χ0v) is 6.28. The van der Waals surface area contributed by atoms with Crippen molar-refractivity contribution in [2.75, 3.05) is 7.11 Å². The lowest BCUT2D eigenvalue weighted by Gasteiger charge is -1.86. The Morgan fingerprint density at radius 1 is 1.56 bits per heavy atom. The average Bonchev–Trinajstić information content (AvgIpc) is 2.43. The summed E-state index contributed by atoms with van der Waals surface area (Å²) in [4.78, 5) is 0. The highest BCUT2D eigenvalue weighted by Gasteiger charge is 1.82. The van der Waals surface area contributed by atoms with Crippen molar-refractivity contribution in [1.29, 1.82) is 0 Å². The van der Waals surface area contributed by atoms with Crippen molar-refractivity contribution >= 4 is 11.3 Å². The third-order valence-corrected chi connectivity index (χ3v) is 1.39. The molecule has 0 N–H and O–H groups in total. The second-order valence-electron chi connectivity index (χ2n) is 1.16.